The van der Waals surface area contributed by atoms with Gasteiger partial charge in [0.1, 0.15) is 5.69 Å². The van der Waals surface area contributed by atoms with Crippen LogP contribution in [-0.2, 0) is 0 Å². The number of halogens is 1. The Bertz CT molecular complexity index is 760. The number of aryl methyl sites for hydroxylation is 1. The molecule has 0 aliphatic rings. The van der Waals surface area contributed by atoms with Gasteiger partial charge in [-0.2, -0.15) is 15.2 Å². The molecule has 0 bridgehead atoms. The highest BCUT2D eigenvalue weighted by Gasteiger charge is 2.09. The summed E-state index contributed by atoms with van der Waals surface area (Å²) in [6.45, 7) is 1.70. The van der Waals surface area contributed by atoms with E-state index in [1.165, 1.54) is 0 Å². The summed E-state index contributed by atoms with van der Waals surface area (Å²) >= 11 is 3.40. The maximum atomic E-state index is 11.1. The van der Waals surface area contributed by atoms with E-state index >= 15 is 0 Å². The van der Waals surface area contributed by atoms with Crippen LogP contribution >= 0.6 is 15.9 Å². The van der Waals surface area contributed by atoms with Crippen molar-refractivity contribution in [1.82, 2.24) is 15.2 Å². The summed E-state index contributed by atoms with van der Waals surface area (Å²) in [4.78, 5) is 14.8. The summed E-state index contributed by atoms with van der Waals surface area (Å²) in [5.41, 5.74) is 3.44. The average Bonchev–Trinajstić information content (AvgIpc) is 2.50. The summed E-state index contributed by atoms with van der Waals surface area (Å²) in [6.07, 6.45) is 1.56. The number of nitrogens with zero attached hydrogens (tertiary/aromatic N) is 3. The monoisotopic (exact) mass is 367 g/mol. The minimum absolute atomic E-state index is 0.291. The van der Waals surface area contributed by atoms with E-state index < -0.39 is 5.69 Å². The lowest BCUT2D eigenvalue weighted by Crippen LogP contribution is -2.15. The number of rotatable bonds is 5. The predicted octanol–water partition coefficient (Wildman–Crippen LogP) is 1.70. The van der Waals surface area contributed by atoms with E-state index in [9.17, 15) is 4.79 Å². The molecule has 2 aromatic rings. The summed E-state index contributed by atoms with van der Waals surface area (Å²) < 4.78 is 11.2. The standard InChI is InChI=1S/C13H14BrN5O3/c1-7-12(16-13(20)19-17-7)18-15-6-8-4-9(14)11(22-3)10(5-8)21-2/h4-6H,1-3H3,(H2,16,18,19,20)/b15-6+. The van der Waals surface area contributed by atoms with Gasteiger partial charge in [0.2, 0.25) is 0 Å². The number of benzene rings is 1. The Morgan fingerprint density at radius 3 is 2.82 bits per heavy atom. The van der Waals surface area contributed by atoms with Crippen LogP contribution in [0.5, 0.6) is 11.5 Å². The molecular weight excluding hydrogens is 354 g/mol. The fourth-order valence-electron chi connectivity index (χ4n) is 1.68. The zero-order valence-corrected chi connectivity index (χ0v) is 13.8. The quantitative estimate of drug-likeness (QED) is 0.615. The predicted molar refractivity (Wildman–Crippen MR) is 85.9 cm³/mol. The second kappa shape index (κ2) is 7.03. The van der Waals surface area contributed by atoms with Gasteiger partial charge in [0.15, 0.2) is 17.3 Å². The van der Waals surface area contributed by atoms with Gasteiger partial charge in [-0.3, -0.25) is 5.43 Å². The highest BCUT2D eigenvalue weighted by Crippen LogP contribution is 2.35. The third-order valence-corrected chi connectivity index (χ3v) is 3.30. The van der Waals surface area contributed by atoms with E-state index in [4.69, 9.17) is 9.47 Å². The first-order valence-electron chi connectivity index (χ1n) is 6.19. The highest BCUT2D eigenvalue weighted by atomic mass is 79.9. The Kier molecular flexibility index (Phi) is 5.10. The largest absolute Gasteiger partial charge is 0.493 e. The highest BCUT2D eigenvalue weighted by molar-refractivity contribution is 9.10. The first-order chi connectivity index (χ1) is 10.5. The fraction of sp³-hybridized carbons (Fsp3) is 0.231. The van der Waals surface area contributed by atoms with E-state index in [0.29, 0.717) is 23.0 Å². The molecule has 0 atom stereocenters. The van der Waals surface area contributed by atoms with Crippen LogP contribution in [0.2, 0.25) is 0 Å². The minimum atomic E-state index is -0.544. The smallest absolute Gasteiger partial charge is 0.363 e. The van der Waals surface area contributed by atoms with Gasteiger partial charge in [0, 0.05) is 0 Å². The number of anilines is 1. The van der Waals surface area contributed by atoms with Crippen molar-refractivity contribution in [3.05, 3.63) is 38.3 Å². The molecule has 0 aliphatic carbocycles. The molecule has 0 saturated carbocycles. The molecule has 0 unspecified atom stereocenters. The van der Waals surface area contributed by atoms with Crippen LogP contribution in [0.3, 0.4) is 0 Å². The molecule has 22 heavy (non-hydrogen) atoms. The van der Waals surface area contributed by atoms with E-state index in [0.717, 1.165) is 10.0 Å². The van der Waals surface area contributed by atoms with Crippen LogP contribution in [0.15, 0.2) is 26.5 Å². The van der Waals surface area contributed by atoms with Crippen molar-refractivity contribution >= 4 is 28.0 Å². The SMILES string of the molecule is COc1cc(/C=N/Nc2nc(=O)[nH]nc2C)cc(Br)c1OC. The third kappa shape index (κ3) is 3.61. The number of H-pyrrole nitrogens is 1. The van der Waals surface area contributed by atoms with Gasteiger partial charge >= 0.3 is 5.69 Å². The number of nitrogens with one attached hydrogen (secondary N) is 2. The van der Waals surface area contributed by atoms with Crippen molar-refractivity contribution in [3.63, 3.8) is 0 Å². The van der Waals surface area contributed by atoms with Crippen molar-refractivity contribution in [1.29, 1.82) is 0 Å². The van der Waals surface area contributed by atoms with Crippen molar-refractivity contribution in [2.45, 2.75) is 6.92 Å². The fourth-order valence-corrected chi connectivity index (χ4v) is 2.30. The molecule has 116 valence electrons. The minimum Gasteiger partial charge on any atom is -0.493 e. The summed E-state index contributed by atoms with van der Waals surface area (Å²) in [5, 5.41) is 10.1. The maximum absolute atomic E-state index is 11.1. The molecule has 9 heteroatoms. The number of hydrazone groups is 1. The summed E-state index contributed by atoms with van der Waals surface area (Å²) in [6, 6.07) is 3.59. The molecule has 0 radical (unpaired) electrons. The Morgan fingerprint density at radius 1 is 1.36 bits per heavy atom. The molecule has 1 aromatic carbocycles. The maximum Gasteiger partial charge on any atom is 0.363 e. The molecule has 8 nitrogen and oxygen atoms in total. The van der Waals surface area contributed by atoms with Crippen LogP contribution < -0.4 is 20.6 Å². The number of hydrogen-bond acceptors (Lipinski definition) is 7. The van der Waals surface area contributed by atoms with E-state index in [1.807, 2.05) is 6.07 Å². The van der Waals surface area contributed by atoms with Crippen molar-refractivity contribution in [2.24, 2.45) is 5.10 Å². The normalized spacial score (nSPS) is 10.7. The van der Waals surface area contributed by atoms with Crippen LogP contribution in [0.4, 0.5) is 5.82 Å². The summed E-state index contributed by atoms with van der Waals surface area (Å²) in [5.74, 6) is 1.47. The molecule has 1 aromatic heterocycles. The lowest BCUT2D eigenvalue weighted by atomic mass is 10.2. The van der Waals surface area contributed by atoms with Gasteiger partial charge < -0.3 is 9.47 Å². The van der Waals surface area contributed by atoms with Crippen LogP contribution in [0.25, 0.3) is 0 Å². The van der Waals surface area contributed by atoms with Gasteiger partial charge in [-0.25, -0.2) is 9.89 Å². The van der Waals surface area contributed by atoms with Crippen molar-refractivity contribution in [3.8, 4) is 11.5 Å². The first-order valence-corrected chi connectivity index (χ1v) is 6.98. The zero-order chi connectivity index (χ0) is 16.1. The van der Waals surface area contributed by atoms with Gasteiger partial charge in [-0.1, -0.05) is 0 Å². The molecule has 0 amide bonds. The Morgan fingerprint density at radius 2 is 2.14 bits per heavy atom. The molecule has 0 saturated heterocycles. The molecule has 1 heterocycles. The molecule has 0 aliphatic heterocycles. The van der Waals surface area contributed by atoms with Gasteiger partial charge in [-0.05, 0) is 40.5 Å². The summed E-state index contributed by atoms with van der Waals surface area (Å²) in [7, 11) is 3.12. The average molecular weight is 368 g/mol. The van der Waals surface area contributed by atoms with Gasteiger partial charge in [0.25, 0.3) is 0 Å². The molecule has 2 N–H and O–H groups in total. The van der Waals surface area contributed by atoms with Gasteiger partial charge in [0.05, 0.1) is 24.9 Å². The first kappa shape index (κ1) is 16.0. The number of aromatic nitrogens is 3. The second-order valence-corrected chi connectivity index (χ2v) is 5.04. The molecule has 0 fully saturated rings. The Labute approximate surface area is 134 Å². The van der Waals surface area contributed by atoms with E-state index in [-0.39, 0.29) is 0 Å². The second-order valence-electron chi connectivity index (χ2n) is 4.18. The van der Waals surface area contributed by atoms with Crippen LogP contribution in [-0.4, -0.2) is 35.6 Å². The Hall–Kier alpha value is -2.42. The Balaban J connectivity index is 2.22. The van der Waals surface area contributed by atoms with E-state index in [2.05, 4.69) is 41.6 Å². The van der Waals surface area contributed by atoms with Crippen molar-refractivity contribution in [2.75, 3.05) is 19.6 Å². The number of aromatic amines is 1. The van der Waals surface area contributed by atoms with Crippen LogP contribution in [0, 0.1) is 6.92 Å². The lowest BCUT2D eigenvalue weighted by molar-refractivity contribution is 0.353. The van der Waals surface area contributed by atoms with E-state index in [1.54, 1.807) is 33.4 Å². The van der Waals surface area contributed by atoms with Crippen molar-refractivity contribution < 1.29 is 9.47 Å². The molecule has 2 rings (SSSR count). The van der Waals surface area contributed by atoms with Crippen LogP contribution in [0.1, 0.15) is 11.3 Å². The molecule has 0 spiro atoms. The van der Waals surface area contributed by atoms with Gasteiger partial charge in [-0.15, -0.1) is 0 Å². The topological polar surface area (TPSA) is 101 Å². The zero-order valence-electron chi connectivity index (χ0n) is 12.2. The molecular formula is C13H14BrN5O3. The third-order valence-electron chi connectivity index (χ3n) is 2.72. The number of ether oxygens (including phenoxy) is 2. The number of hydrogen-bond donors (Lipinski definition) is 2. The lowest BCUT2D eigenvalue weighted by Gasteiger charge is -2.10. The number of methoxy groups -OCH3 is 2.